The van der Waals surface area contributed by atoms with Gasteiger partial charge in [-0.05, 0) is 48.6 Å². The molecule has 1 saturated carbocycles. The maximum atomic E-state index is 6.09. The van der Waals surface area contributed by atoms with E-state index in [-0.39, 0.29) is 6.04 Å². The normalized spacial score (nSPS) is 18.2. The van der Waals surface area contributed by atoms with Crippen molar-refractivity contribution in [2.45, 2.75) is 31.2 Å². The number of rotatable bonds is 4. The first-order chi connectivity index (χ1) is 15.8. The van der Waals surface area contributed by atoms with Gasteiger partial charge >= 0.3 is 6.01 Å². The SMILES string of the molecule is c1cncc(-c2nnc(N3CCc4[nH]cnc4C3c3cc4c(C5CC5)cccn4n3)o2)c1. The summed E-state index contributed by atoms with van der Waals surface area (Å²) in [5.74, 6) is 1.09. The fourth-order valence-electron chi connectivity index (χ4n) is 4.65. The van der Waals surface area contributed by atoms with E-state index in [1.54, 1.807) is 18.7 Å². The molecule has 1 aliphatic carbocycles. The van der Waals surface area contributed by atoms with E-state index in [4.69, 9.17) is 9.52 Å². The largest absolute Gasteiger partial charge is 0.403 e. The molecule has 0 spiro atoms. The number of aromatic amines is 1. The smallest absolute Gasteiger partial charge is 0.319 e. The Balaban J connectivity index is 1.34. The zero-order chi connectivity index (χ0) is 21.1. The summed E-state index contributed by atoms with van der Waals surface area (Å²) >= 11 is 0. The molecule has 1 aliphatic heterocycles. The van der Waals surface area contributed by atoms with Crippen molar-refractivity contribution in [1.82, 2.24) is 34.8 Å². The molecule has 0 amide bonds. The molecule has 158 valence electrons. The molecule has 1 fully saturated rings. The van der Waals surface area contributed by atoms with Gasteiger partial charge in [-0.2, -0.15) is 5.10 Å². The van der Waals surface area contributed by atoms with Crippen LogP contribution in [0.4, 0.5) is 6.01 Å². The summed E-state index contributed by atoms with van der Waals surface area (Å²) in [5, 5.41) is 13.6. The molecule has 1 unspecified atom stereocenters. The van der Waals surface area contributed by atoms with Crippen LogP contribution in [-0.2, 0) is 6.42 Å². The van der Waals surface area contributed by atoms with Gasteiger partial charge in [0, 0.05) is 37.3 Å². The molecule has 9 heteroatoms. The maximum absolute atomic E-state index is 6.09. The Kier molecular flexibility index (Phi) is 3.72. The van der Waals surface area contributed by atoms with Gasteiger partial charge in [0.1, 0.15) is 6.04 Å². The standard InChI is InChI=1S/C23H20N8O/c1-3-15(12-24-8-1)22-27-28-23(32-22)30-10-7-17-20(26-13-25-17)21(30)18-11-19-16(14-5-6-14)4-2-9-31(19)29-18/h1-4,8-9,11-14,21H,5-7,10H2,(H,25,26). The fraction of sp³-hybridized carbons (Fsp3) is 0.261. The predicted octanol–water partition coefficient (Wildman–Crippen LogP) is 3.53. The summed E-state index contributed by atoms with van der Waals surface area (Å²) in [5.41, 5.74) is 6.32. The van der Waals surface area contributed by atoms with E-state index >= 15 is 0 Å². The van der Waals surface area contributed by atoms with Gasteiger partial charge in [-0.1, -0.05) is 11.2 Å². The first-order valence-electron chi connectivity index (χ1n) is 10.9. The topological polar surface area (TPSA) is 101 Å². The van der Waals surface area contributed by atoms with Gasteiger partial charge in [-0.25, -0.2) is 9.50 Å². The molecule has 2 aliphatic rings. The van der Waals surface area contributed by atoms with E-state index in [9.17, 15) is 0 Å². The molecule has 0 saturated heterocycles. The van der Waals surface area contributed by atoms with Crippen LogP contribution in [0.1, 0.15) is 47.4 Å². The highest BCUT2D eigenvalue weighted by Crippen LogP contribution is 2.43. The van der Waals surface area contributed by atoms with E-state index in [0.29, 0.717) is 17.8 Å². The molecule has 6 heterocycles. The van der Waals surface area contributed by atoms with Crippen molar-refractivity contribution in [1.29, 1.82) is 0 Å². The van der Waals surface area contributed by atoms with Crippen LogP contribution in [0.2, 0.25) is 0 Å². The Morgan fingerprint density at radius 2 is 2.09 bits per heavy atom. The van der Waals surface area contributed by atoms with E-state index < -0.39 is 0 Å². The van der Waals surface area contributed by atoms with Crippen molar-refractivity contribution in [3.63, 3.8) is 0 Å². The van der Waals surface area contributed by atoms with E-state index in [1.165, 1.54) is 18.4 Å². The third-order valence-electron chi connectivity index (χ3n) is 6.34. The molecule has 0 bridgehead atoms. The van der Waals surface area contributed by atoms with Gasteiger partial charge < -0.3 is 14.3 Å². The van der Waals surface area contributed by atoms with Crippen LogP contribution in [0.3, 0.4) is 0 Å². The Morgan fingerprint density at radius 3 is 2.97 bits per heavy atom. The fourth-order valence-corrected chi connectivity index (χ4v) is 4.65. The van der Waals surface area contributed by atoms with Crippen molar-refractivity contribution in [2.24, 2.45) is 0 Å². The number of pyridine rings is 2. The van der Waals surface area contributed by atoms with Gasteiger partial charge in [-0.15, -0.1) is 5.10 Å². The number of aromatic nitrogens is 7. The molecule has 1 atom stereocenters. The molecule has 0 radical (unpaired) electrons. The lowest BCUT2D eigenvalue weighted by molar-refractivity contribution is 0.503. The van der Waals surface area contributed by atoms with Gasteiger partial charge in [0.2, 0.25) is 0 Å². The lowest BCUT2D eigenvalue weighted by Crippen LogP contribution is -2.36. The first-order valence-corrected chi connectivity index (χ1v) is 10.9. The van der Waals surface area contributed by atoms with Crippen LogP contribution in [0.25, 0.3) is 17.0 Å². The molecular formula is C23H20N8O. The highest BCUT2D eigenvalue weighted by atomic mass is 16.4. The van der Waals surface area contributed by atoms with Gasteiger partial charge in [0.25, 0.3) is 5.89 Å². The number of nitrogens with one attached hydrogen (secondary N) is 1. The van der Waals surface area contributed by atoms with Gasteiger partial charge in [0.15, 0.2) is 0 Å². The average Bonchev–Trinajstić information content (AvgIpc) is 3.22. The lowest BCUT2D eigenvalue weighted by atomic mass is 10.00. The summed E-state index contributed by atoms with van der Waals surface area (Å²) in [6.45, 7) is 0.720. The lowest BCUT2D eigenvalue weighted by Gasteiger charge is -2.32. The molecule has 5 aromatic heterocycles. The summed E-state index contributed by atoms with van der Waals surface area (Å²) in [6.07, 6.45) is 10.5. The summed E-state index contributed by atoms with van der Waals surface area (Å²) in [6, 6.07) is 10.5. The van der Waals surface area contributed by atoms with Gasteiger partial charge in [-0.3, -0.25) is 4.98 Å². The Labute approximate surface area is 183 Å². The predicted molar refractivity (Wildman–Crippen MR) is 116 cm³/mol. The van der Waals surface area contributed by atoms with E-state index in [2.05, 4.69) is 48.2 Å². The zero-order valence-electron chi connectivity index (χ0n) is 17.2. The number of anilines is 1. The minimum atomic E-state index is -0.209. The molecule has 7 rings (SSSR count). The number of hydrogen-bond donors (Lipinski definition) is 1. The number of hydrogen-bond acceptors (Lipinski definition) is 7. The Bertz CT molecular complexity index is 1410. The monoisotopic (exact) mass is 424 g/mol. The quantitative estimate of drug-likeness (QED) is 0.471. The molecule has 32 heavy (non-hydrogen) atoms. The minimum absolute atomic E-state index is 0.209. The molecular weight excluding hydrogens is 404 g/mol. The molecule has 9 nitrogen and oxygen atoms in total. The third-order valence-corrected chi connectivity index (χ3v) is 6.34. The number of imidazole rings is 1. The average molecular weight is 424 g/mol. The summed E-state index contributed by atoms with van der Waals surface area (Å²) in [7, 11) is 0. The molecule has 5 aromatic rings. The highest BCUT2D eigenvalue weighted by Gasteiger charge is 2.36. The van der Waals surface area contributed by atoms with Crippen LogP contribution in [0, 0.1) is 0 Å². The zero-order valence-corrected chi connectivity index (χ0v) is 17.2. The molecule has 1 N–H and O–H groups in total. The second-order valence-electron chi connectivity index (χ2n) is 8.38. The van der Waals surface area contributed by atoms with Crippen LogP contribution < -0.4 is 4.90 Å². The van der Waals surface area contributed by atoms with E-state index in [1.807, 2.05) is 22.8 Å². The van der Waals surface area contributed by atoms with Crippen LogP contribution in [-0.4, -0.2) is 41.3 Å². The van der Waals surface area contributed by atoms with Crippen molar-refractivity contribution < 1.29 is 4.42 Å². The number of nitrogens with zero attached hydrogens (tertiary/aromatic N) is 7. The van der Waals surface area contributed by atoms with Gasteiger partial charge in [0.05, 0.1) is 28.8 Å². The number of fused-ring (bicyclic) bond motifs is 2. The van der Waals surface area contributed by atoms with E-state index in [0.717, 1.165) is 41.1 Å². The Hall–Kier alpha value is -4.01. The van der Waals surface area contributed by atoms with Crippen LogP contribution in [0.5, 0.6) is 0 Å². The summed E-state index contributed by atoms with van der Waals surface area (Å²) < 4.78 is 8.07. The highest BCUT2D eigenvalue weighted by molar-refractivity contribution is 5.60. The van der Waals surface area contributed by atoms with Crippen LogP contribution in [0.15, 0.2) is 59.7 Å². The third kappa shape index (κ3) is 2.74. The Morgan fingerprint density at radius 1 is 1.12 bits per heavy atom. The second kappa shape index (κ2) is 6.74. The maximum Gasteiger partial charge on any atom is 0.319 e. The van der Waals surface area contributed by atoms with Crippen LogP contribution >= 0.6 is 0 Å². The summed E-state index contributed by atoms with van der Waals surface area (Å²) in [4.78, 5) is 14.2. The molecule has 0 aromatic carbocycles. The van der Waals surface area contributed by atoms with Crippen molar-refractivity contribution in [3.05, 3.63) is 77.9 Å². The van der Waals surface area contributed by atoms with Crippen molar-refractivity contribution in [3.8, 4) is 11.5 Å². The second-order valence-corrected chi connectivity index (χ2v) is 8.38. The number of H-pyrrole nitrogens is 1. The first kappa shape index (κ1) is 17.6. The van der Waals surface area contributed by atoms with Crippen molar-refractivity contribution >= 4 is 11.5 Å². The minimum Gasteiger partial charge on any atom is -0.403 e. The van der Waals surface area contributed by atoms with Crippen molar-refractivity contribution in [2.75, 3.05) is 11.4 Å².